The molecule has 0 spiro atoms. The molecule has 1 aromatic carbocycles. The molecule has 0 aliphatic carbocycles. The van der Waals surface area contributed by atoms with Gasteiger partial charge in [-0.1, -0.05) is 18.7 Å². The van der Waals surface area contributed by atoms with Crippen molar-refractivity contribution in [3.63, 3.8) is 0 Å². The average Bonchev–Trinajstić information content (AvgIpc) is 3.31. The smallest absolute Gasteiger partial charge is 0.353 e. The molecule has 3 heterocycles. The molecule has 1 aliphatic rings. The molecule has 1 fully saturated rings. The number of likely N-dealkylation sites (tertiary alicyclic amines) is 1. The van der Waals surface area contributed by atoms with Crippen molar-refractivity contribution in [2.24, 2.45) is 0 Å². The normalized spacial score (nSPS) is 19.6. The first-order valence-corrected chi connectivity index (χ1v) is 11.2. The maximum Gasteiger partial charge on any atom is 0.353 e. The van der Waals surface area contributed by atoms with Crippen LogP contribution in [0, 0.1) is 19.7 Å². The SMILES string of the molecule is C=C1CC(OCc2cccc(F)c2)CC(C)N1CC(O)Cn1nc(C)n(-c2noc(C)n2)c1=O. The molecule has 3 atom stereocenters. The van der Waals surface area contributed by atoms with Gasteiger partial charge in [-0.05, 0) is 43.1 Å². The quantitative estimate of drug-likeness (QED) is 0.531. The molecule has 182 valence electrons. The Bertz CT molecular complexity index is 1220. The topological polar surface area (TPSA) is 111 Å². The Balaban J connectivity index is 1.34. The van der Waals surface area contributed by atoms with E-state index in [4.69, 9.17) is 9.26 Å². The summed E-state index contributed by atoms with van der Waals surface area (Å²) < 4.78 is 26.8. The Morgan fingerprint density at radius 1 is 1.35 bits per heavy atom. The molecule has 3 unspecified atom stereocenters. The summed E-state index contributed by atoms with van der Waals surface area (Å²) in [5, 5.41) is 18.7. The summed E-state index contributed by atoms with van der Waals surface area (Å²) in [4.78, 5) is 18.9. The minimum absolute atomic E-state index is 0.0134. The number of halogens is 1. The highest BCUT2D eigenvalue weighted by molar-refractivity contribution is 5.15. The lowest BCUT2D eigenvalue weighted by Crippen LogP contribution is -2.46. The van der Waals surface area contributed by atoms with E-state index >= 15 is 0 Å². The van der Waals surface area contributed by atoms with E-state index in [0.29, 0.717) is 31.3 Å². The van der Waals surface area contributed by atoms with Crippen molar-refractivity contribution in [1.29, 1.82) is 0 Å². The molecule has 3 aromatic rings. The van der Waals surface area contributed by atoms with Crippen molar-refractivity contribution >= 4 is 0 Å². The van der Waals surface area contributed by atoms with Crippen LogP contribution < -0.4 is 5.69 Å². The molecular weight excluding hydrogens is 443 g/mol. The fourth-order valence-corrected chi connectivity index (χ4v) is 4.29. The van der Waals surface area contributed by atoms with Crippen LogP contribution in [-0.4, -0.2) is 59.3 Å². The Hall–Kier alpha value is -3.31. The van der Waals surface area contributed by atoms with Crippen LogP contribution in [0.1, 0.15) is 37.0 Å². The van der Waals surface area contributed by atoms with Crippen LogP contribution in [0.3, 0.4) is 0 Å². The standard InChI is InChI=1S/C23H29FN6O4/c1-14-8-21(33-13-18-6-5-7-19(24)10-18)9-15(2)28(14)11-20(31)12-29-23(32)30(16(3)26-29)22-25-17(4)34-27-22/h5-7,10,15,20-21,31H,1,8-9,11-13H2,2-4H3. The number of hydrogen-bond donors (Lipinski definition) is 1. The van der Waals surface area contributed by atoms with Crippen molar-refractivity contribution in [3.05, 3.63) is 70.1 Å². The number of benzene rings is 1. The van der Waals surface area contributed by atoms with Crippen LogP contribution in [0.5, 0.6) is 0 Å². The van der Waals surface area contributed by atoms with Gasteiger partial charge in [0, 0.05) is 31.6 Å². The largest absolute Gasteiger partial charge is 0.389 e. The van der Waals surface area contributed by atoms with Gasteiger partial charge in [-0.15, -0.1) is 0 Å². The number of ether oxygens (including phenoxy) is 1. The van der Waals surface area contributed by atoms with Gasteiger partial charge in [-0.3, -0.25) is 0 Å². The maximum absolute atomic E-state index is 13.4. The maximum atomic E-state index is 13.4. The van der Waals surface area contributed by atoms with Gasteiger partial charge in [0.25, 0.3) is 5.95 Å². The van der Waals surface area contributed by atoms with E-state index in [1.807, 2.05) is 17.9 Å². The van der Waals surface area contributed by atoms with Crippen LogP contribution >= 0.6 is 0 Å². The third-order valence-electron chi connectivity index (χ3n) is 5.89. The minimum atomic E-state index is -0.851. The first kappa shape index (κ1) is 23.8. The number of aryl methyl sites for hydroxylation is 2. The number of aromatic nitrogens is 5. The van der Waals surface area contributed by atoms with Crippen molar-refractivity contribution in [1.82, 2.24) is 29.4 Å². The van der Waals surface area contributed by atoms with Gasteiger partial charge < -0.3 is 19.3 Å². The summed E-state index contributed by atoms with van der Waals surface area (Å²) in [6.07, 6.45) is 0.457. The van der Waals surface area contributed by atoms with Crippen LogP contribution in [0.2, 0.25) is 0 Å². The lowest BCUT2D eigenvalue weighted by Gasteiger charge is -2.41. The van der Waals surface area contributed by atoms with Crippen molar-refractivity contribution in [3.8, 4) is 5.95 Å². The Morgan fingerprint density at radius 3 is 2.82 bits per heavy atom. The molecule has 1 N–H and O–H groups in total. The fraction of sp³-hybridized carbons (Fsp3) is 0.478. The summed E-state index contributed by atoms with van der Waals surface area (Å²) in [5.74, 6) is 0.564. The van der Waals surface area contributed by atoms with E-state index in [1.54, 1.807) is 19.9 Å². The Morgan fingerprint density at radius 2 is 2.15 bits per heavy atom. The molecule has 0 radical (unpaired) electrons. The second kappa shape index (κ2) is 9.90. The zero-order valence-corrected chi connectivity index (χ0v) is 19.5. The van der Waals surface area contributed by atoms with Gasteiger partial charge in [0.1, 0.15) is 11.6 Å². The van der Waals surface area contributed by atoms with E-state index in [1.165, 1.54) is 21.4 Å². The Kier molecular flexibility index (Phi) is 6.94. The molecule has 0 amide bonds. The third-order valence-corrected chi connectivity index (χ3v) is 5.89. The number of aliphatic hydroxyl groups excluding tert-OH is 1. The summed E-state index contributed by atoms with van der Waals surface area (Å²) in [6, 6.07) is 6.44. The third kappa shape index (κ3) is 5.26. The van der Waals surface area contributed by atoms with Gasteiger partial charge in [0.2, 0.25) is 5.89 Å². The molecule has 11 heteroatoms. The van der Waals surface area contributed by atoms with Gasteiger partial charge >= 0.3 is 5.69 Å². The first-order chi connectivity index (χ1) is 16.2. The molecule has 1 aliphatic heterocycles. The zero-order valence-electron chi connectivity index (χ0n) is 19.5. The molecule has 1 saturated heterocycles. The molecule has 34 heavy (non-hydrogen) atoms. The second-order valence-corrected chi connectivity index (χ2v) is 8.68. The van der Waals surface area contributed by atoms with E-state index in [-0.39, 0.29) is 30.5 Å². The van der Waals surface area contributed by atoms with Crippen molar-refractivity contribution in [2.75, 3.05) is 6.54 Å². The lowest BCUT2D eigenvalue weighted by atomic mass is 9.97. The summed E-state index contributed by atoms with van der Waals surface area (Å²) in [5.41, 5.74) is 1.18. The minimum Gasteiger partial charge on any atom is -0.389 e. The van der Waals surface area contributed by atoms with E-state index in [0.717, 1.165) is 17.7 Å². The summed E-state index contributed by atoms with van der Waals surface area (Å²) in [7, 11) is 0. The number of nitrogens with zero attached hydrogens (tertiary/aromatic N) is 6. The Labute approximate surface area is 196 Å². The molecule has 0 saturated carbocycles. The summed E-state index contributed by atoms with van der Waals surface area (Å²) in [6.45, 7) is 10.1. The van der Waals surface area contributed by atoms with Gasteiger partial charge in [0.05, 0.1) is 25.4 Å². The van der Waals surface area contributed by atoms with Crippen LogP contribution in [-0.2, 0) is 17.9 Å². The van der Waals surface area contributed by atoms with Crippen LogP contribution in [0.25, 0.3) is 5.95 Å². The highest BCUT2D eigenvalue weighted by Crippen LogP contribution is 2.28. The first-order valence-electron chi connectivity index (χ1n) is 11.2. The molecule has 4 rings (SSSR count). The number of aliphatic hydroxyl groups is 1. The second-order valence-electron chi connectivity index (χ2n) is 8.68. The van der Waals surface area contributed by atoms with Gasteiger partial charge in [-0.2, -0.15) is 10.1 Å². The zero-order chi connectivity index (χ0) is 24.4. The molecule has 0 bridgehead atoms. The molecule has 2 aromatic heterocycles. The molecular formula is C23H29FN6O4. The van der Waals surface area contributed by atoms with E-state index < -0.39 is 11.8 Å². The number of hydrogen-bond acceptors (Lipinski definition) is 8. The van der Waals surface area contributed by atoms with Gasteiger partial charge in [0.15, 0.2) is 0 Å². The van der Waals surface area contributed by atoms with Crippen LogP contribution in [0.4, 0.5) is 4.39 Å². The van der Waals surface area contributed by atoms with Crippen molar-refractivity contribution in [2.45, 2.75) is 65.0 Å². The van der Waals surface area contributed by atoms with E-state index in [2.05, 4.69) is 21.8 Å². The fourth-order valence-electron chi connectivity index (χ4n) is 4.29. The number of piperidine rings is 1. The number of β-amino-alcohol motifs (C(OH)–C–C–N with tert-alkyl or cyclic N) is 1. The monoisotopic (exact) mass is 472 g/mol. The van der Waals surface area contributed by atoms with Gasteiger partial charge in [-0.25, -0.2) is 18.4 Å². The highest BCUT2D eigenvalue weighted by atomic mass is 19.1. The van der Waals surface area contributed by atoms with Crippen LogP contribution in [0.15, 0.2) is 45.9 Å². The summed E-state index contributed by atoms with van der Waals surface area (Å²) >= 11 is 0. The average molecular weight is 473 g/mol. The number of rotatable bonds is 8. The van der Waals surface area contributed by atoms with E-state index in [9.17, 15) is 14.3 Å². The van der Waals surface area contributed by atoms with Crippen molar-refractivity contribution < 1.29 is 18.8 Å². The predicted molar refractivity (Wildman–Crippen MR) is 121 cm³/mol. The predicted octanol–water partition coefficient (Wildman–Crippen LogP) is 2.12. The lowest BCUT2D eigenvalue weighted by molar-refractivity contribution is -0.0129. The highest BCUT2D eigenvalue weighted by Gasteiger charge is 2.30. The molecule has 10 nitrogen and oxygen atoms in total.